The third kappa shape index (κ3) is 3.67. The smallest absolute Gasteiger partial charge is 0.227 e. The zero-order valence-electron chi connectivity index (χ0n) is 16.4. The summed E-state index contributed by atoms with van der Waals surface area (Å²) in [5, 5.41) is 22.2. The molecule has 2 aromatic rings. The van der Waals surface area contributed by atoms with Gasteiger partial charge in [0.15, 0.2) is 0 Å². The molecular formula is C22H25N5OS. The van der Waals surface area contributed by atoms with Gasteiger partial charge in [0.25, 0.3) is 0 Å². The quantitative estimate of drug-likeness (QED) is 0.786. The molecule has 1 saturated heterocycles. The van der Waals surface area contributed by atoms with Gasteiger partial charge < -0.3 is 15.3 Å². The Morgan fingerprint density at radius 3 is 2.62 bits per heavy atom. The van der Waals surface area contributed by atoms with Gasteiger partial charge in [0.2, 0.25) is 5.95 Å². The highest BCUT2D eigenvalue weighted by Gasteiger charge is 2.43. The first-order valence-electron chi connectivity index (χ1n) is 10.4. The van der Waals surface area contributed by atoms with Crippen molar-refractivity contribution in [3.05, 3.63) is 41.1 Å². The summed E-state index contributed by atoms with van der Waals surface area (Å²) in [5.74, 6) is 3.30. The number of nitriles is 1. The second-order valence-corrected chi connectivity index (χ2v) is 9.41. The molecule has 29 heavy (non-hydrogen) atoms. The highest BCUT2D eigenvalue weighted by Crippen LogP contribution is 2.43. The molecule has 0 spiro atoms. The topological polar surface area (TPSA) is 85.1 Å². The molecule has 1 aromatic carbocycles. The molecule has 2 N–H and O–H groups in total. The Hall–Kier alpha value is -2.30. The Kier molecular flexibility index (Phi) is 4.84. The molecule has 150 valence electrons. The van der Waals surface area contributed by atoms with Crippen LogP contribution in [-0.4, -0.2) is 46.1 Å². The lowest BCUT2D eigenvalue weighted by Gasteiger charge is -2.33. The molecule has 0 unspecified atom stereocenters. The number of thioether (sulfide) groups is 1. The summed E-state index contributed by atoms with van der Waals surface area (Å²) in [5.41, 5.74) is 3.00. The number of nitrogens with one attached hydrogen (secondary N) is 1. The predicted molar refractivity (Wildman–Crippen MR) is 114 cm³/mol. The summed E-state index contributed by atoms with van der Waals surface area (Å²) >= 11 is 1.82. The minimum absolute atomic E-state index is 0.155. The van der Waals surface area contributed by atoms with Crippen molar-refractivity contribution in [3.8, 4) is 6.07 Å². The molecule has 3 heterocycles. The largest absolute Gasteiger partial charge is 0.394 e. The van der Waals surface area contributed by atoms with Crippen molar-refractivity contribution in [2.24, 2.45) is 0 Å². The normalized spacial score (nSPS) is 20.2. The van der Waals surface area contributed by atoms with E-state index in [9.17, 15) is 5.11 Å². The van der Waals surface area contributed by atoms with E-state index in [0.717, 1.165) is 68.4 Å². The van der Waals surface area contributed by atoms with E-state index in [2.05, 4.69) is 28.4 Å². The molecular weight excluding hydrogens is 382 g/mol. The van der Waals surface area contributed by atoms with Crippen LogP contribution in [0.25, 0.3) is 0 Å². The number of hydrogen-bond donors (Lipinski definition) is 2. The number of nitrogens with zero attached hydrogens (tertiary/aromatic N) is 4. The molecule has 2 aliphatic heterocycles. The number of aliphatic hydroxyl groups excluding tert-OH is 1. The van der Waals surface area contributed by atoms with Crippen LogP contribution in [0.2, 0.25) is 0 Å². The molecule has 3 aliphatic rings. The van der Waals surface area contributed by atoms with E-state index in [1.807, 2.05) is 23.9 Å². The maximum atomic E-state index is 9.71. The van der Waals surface area contributed by atoms with Crippen LogP contribution in [0, 0.1) is 11.3 Å². The van der Waals surface area contributed by atoms with Gasteiger partial charge in [-0.2, -0.15) is 10.2 Å². The first kappa shape index (κ1) is 18.7. The van der Waals surface area contributed by atoms with Crippen LogP contribution in [0.1, 0.15) is 48.4 Å². The lowest BCUT2D eigenvalue weighted by molar-refractivity contribution is 0.265. The number of aryl methyl sites for hydroxylation is 1. The first-order chi connectivity index (χ1) is 14.2. The molecule has 1 aromatic heterocycles. The Bertz CT molecular complexity index is 943. The van der Waals surface area contributed by atoms with Crippen molar-refractivity contribution < 1.29 is 5.11 Å². The molecule has 7 heteroatoms. The van der Waals surface area contributed by atoms with Crippen LogP contribution in [-0.2, 0) is 6.42 Å². The highest BCUT2D eigenvalue weighted by atomic mass is 32.2. The number of piperidine rings is 1. The molecule has 1 saturated carbocycles. The maximum absolute atomic E-state index is 9.71. The second-order valence-electron chi connectivity index (χ2n) is 8.31. The number of benzene rings is 1. The lowest BCUT2D eigenvalue weighted by Crippen LogP contribution is -2.35. The van der Waals surface area contributed by atoms with E-state index < -0.39 is 0 Å². The van der Waals surface area contributed by atoms with Gasteiger partial charge >= 0.3 is 0 Å². The standard InChI is InChI=1S/C22H25N5OS/c23-13-15-1-3-16(4-2-15)17-5-10-27(11-6-17)21-24-18-7-12-29-19(18)20(25-21)26-22(14-28)8-9-22/h1-4,17,28H,5-12,14H2,(H,24,25,26). The third-order valence-electron chi connectivity index (χ3n) is 6.34. The number of aromatic nitrogens is 2. The molecule has 5 rings (SSSR count). The van der Waals surface area contributed by atoms with Crippen LogP contribution in [0.15, 0.2) is 29.2 Å². The van der Waals surface area contributed by atoms with Crippen LogP contribution < -0.4 is 10.2 Å². The molecule has 0 bridgehead atoms. The van der Waals surface area contributed by atoms with Crippen LogP contribution in [0.3, 0.4) is 0 Å². The van der Waals surface area contributed by atoms with Crippen molar-refractivity contribution in [2.75, 3.05) is 35.7 Å². The van der Waals surface area contributed by atoms with Gasteiger partial charge in [0.05, 0.1) is 34.4 Å². The van der Waals surface area contributed by atoms with Crippen molar-refractivity contribution in [3.63, 3.8) is 0 Å². The first-order valence-corrected chi connectivity index (χ1v) is 11.4. The summed E-state index contributed by atoms with van der Waals surface area (Å²) < 4.78 is 0. The summed E-state index contributed by atoms with van der Waals surface area (Å²) in [6.45, 7) is 2.02. The van der Waals surface area contributed by atoms with E-state index >= 15 is 0 Å². The van der Waals surface area contributed by atoms with Crippen LogP contribution in [0.5, 0.6) is 0 Å². The van der Waals surface area contributed by atoms with Gasteiger partial charge in [0, 0.05) is 25.3 Å². The van der Waals surface area contributed by atoms with Gasteiger partial charge in [-0.15, -0.1) is 11.8 Å². The van der Waals surface area contributed by atoms with E-state index in [4.69, 9.17) is 15.2 Å². The van der Waals surface area contributed by atoms with Gasteiger partial charge in [-0.1, -0.05) is 12.1 Å². The van der Waals surface area contributed by atoms with Crippen molar-refractivity contribution in [1.82, 2.24) is 9.97 Å². The van der Waals surface area contributed by atoms with Crippen molar-refractivity contribution >= 4 is 23.5 Å². The minimum atomic E-state index is -0.175. The predicted octanol–water partition coefficient (Wildman–Crippen LogP) is 3.32. The molecule has 0 atom stereocenters. The number of fused-ring (bicyclic) bond motifs is 1. The molecule has 0 amide bonds. The fraction of sp³-hybridized carbons (Fsp3) is 0.500. The minimum Gasteiger partial charge on any atom is -0.394 e. The SMILES string of the molecule is N#Cc1ccc(C2CCN(c3nc4c(c(NC5(CO)CC5)n3)SCC4)CC2)cc1. The lowest BCUT2D eigenvalue weighted by atomic mass is 9.89. The molecule has 2 fully saturated rings. The monoisotopic (exact) mass is 407 g/mol. The fourth-order valence-electron chi connectivity index (χ4n) is 4.25. The van der Waals surface area contributed by atoms with Crippen molar-refractivity contribution in [1.29, 1.82) is 5.26 Å². The van der Waals surface area contributed by atoms with Gasteiger partial charge in [-0.25, -0.2) is 4.98 Å². The summed E-state index contributed by atoms with van der Waals surface area (Å²) in [4.78, 5) is 13.3. The van der Waals surface area contributed by atoms with Crippen molar-refractivity contribution in [2.45, 2.75) is 48.5 Å². The van der Waals surface area contributed by atoms with Gasteiger partial charge in [-0.05, 0) is 49.3 Å². The number of anilines is 2. The van der Waals surface area contributed by atoms with Gasteiger partial charge in [-0.3, -0.25) is 0 Å². The van der Waals surface area contributed by atoms with Gasteiger partial charge in [0.1, 0.15) is 5.82 Å². The summed E-state index contributed by atoms with van der Waals surface area (Å²) in [7, 11) is 0. The molecule has 6 nitrogen and oxygen atoms in total. The van der Waals surface area contributed by atoms with E-state index in [1.54, 1.807) is 0 Å². The van der Waals surface area contributed by atoms with Crippen LogP contribution >= 0.6 is 11.8 Å². The average Bonchev–Trinajstić information content (AvgIpc) is 3.38. The van der Waals surface area contributed by atoms with E-state index in [0.29, 0.717) is 11.5 Å². The van der Waals surface area contributed by atoms with E-state index in [-0.39, 0.29) is 12.1 Å². The Labute approximate surface area is 175 Å². The van der Waals surface area contributed by atoms with Crippen LogP contribution in [0.4, 0.5) is 11.8 Å². The number of hydrogen-bond acceptors (Lipinski definition) is 7. The number of rotatable bonds is 5. The maximum Gasteiger partial charge on any atom is 0.227 e. The Morgan fingerprint density at radius 1 is 1.21 bits per heavy atom. The van der Waals surface area contributed by atoms with E-state index in [1.165, 1.54) is 10.5 Å². The Morgan fingerprint density at radius 2 is 1.97 bits per heavy atom. The summed E-state index contributed by atoms with van der Waals surface area (Å²) in [6, 6.07) is 10.2. The second kappa shape index (κ2) is 7.51. The average molecular weight is 408 g/mol. The number of aliphatic hydroxyl groups is 1. The zero-order valence-corrected chi connectivity index (χ0v) is 17.2. The molecule has 0 radical (unpaired) electrons. The third-order valence-corrected chi connectivity index (χ3v) is 7.46. The fourth-order valence-corrected chi connectivity index (χ4v) is 5.30. The Balaban J connectivity index is 1.32. The molecule has 1 aliphatic carbocycles. The summed E-state index contributed by atoms with van der Waals surface area (Å²) in [6.07, 6.45) is 5.10. The zero-order chi connectivity index (χ0) is 19.8. The highest BCUT2D eigenvalue weighted by molar-refractivity contribution is 7.99.